The summed E-state index contributed by atoms with van der Waals surface area (Å²) >= 11 is 0. The number of nitrogens with two attached hydrogens (primary N) is 1. The number of hydrogen-bond acceptors (Lipinski definition) is 6. The second kappa shape index (κ2) is 10.6. The van der Waals surface area contributed by atoms with Crippen molar-refractivity contribution in [1.29, 1.82) is 0 Å². The predicted octanol–water partition coefficient (Wildman–Crippen LogP) is 0.672. The van der Waals surface area contributed by atoms with E-state index in [9.17, 15) is 28.0 Å². The summed E-state index contributed by atoms with van der Waals surface area (Å²) in [6.07, 6.45) is 7.75. The summed E-state index contributed by atoms with van der Waals surface area (Å²) in [5.41, 5.74) is 5.22. The number of aromatic nitrogens is 1. The van der Waals surface area contributed by atoms with Gasteiger partial charge in [-0.3, -0.25) is 14.4 Å². The van der Waals surface area contributed by atoms with Crippen molar-refractivity contribution in [2.45, 2.75) is 81.4 Å². The van der Waals surface area contributed by atoms with Gasteiger partial charge in [-0.25, -0.2) is 8.42 Å². The molecule has 2 N–H and O–H groups in total. The highest BCUT2D eigenvalue weighted by Crippen LogP contribution is 2.29. The summed E-state index contributed by atoms with van der Waals surface area (Å²) in [6, 6.07) is 2.42. The molecule has 1 saturated carbocycles. The van der Waals surface area contributed by atoms with Gasteiger partial charge in [-0.05, 0) is 38.7 Å². The van der Waals surface area contributed by atoms with Crippen molar-refractivity contribution in [2.75, 3.05) is 6.54 Å². The Morgan fingerprint density at radius 1 is 1.15 bits per heavy atom. The minimum absolute atomic E-state index is 0.221. The second-order valence-electron chi connectivity index (χ2n) is 8.76. The smallest absolute Gasteiger partial charge is 0.323 e. The Morgan fingerprint density at radius 3 is 2.42 bits per heavy atom. The minimum Gasteiger partial charge on any atom is -0.618 e. The third-order valence-corrected chi connectivity index (χ3v) is 8.42. The number of amides is 2. The average Bonchev–Trinajstić information content (AvgIpc) is 3.09. The van der Waals surface area contributed by atoms with Crippen molar-refractivity contribution >= 4 is 27.6 Å². The number of rotatable bonds is 6. The molecule has 0 spiro atoms. The second-order valence-corrected chi connectivity index (χ2v) is 10.6. The summed E-state index contributed by atoms with van der Waals surface area (Å²) in [7, 11) is -4.24. The zero-order valence-corrected chi connectivity index (χ0v) is 19.6. The highest BCUT2D eigenvalue weighted by molar-refractivity contribution is 7.89. The van der Waals surface area contributed by atoms with Crippen LogP contribution < -0.4 is 10.5 Å². The van der Waals surface area contributed by atoms with Crippen LogP contribution in [0.5, 0.6) is 0 Å². The molecule has 0 aromatic carbocycles. The van der Waals surface area contributed by atoms with E-state index in [1.165, 1.54) is 23.1 Å². The summed E-state index contributed by atoms with van der Waals surface area (Å²) < 4.78 is 27.7. The maximum atomic E-state index is 13.4. The van der Waals surface area contributed by atoms with Crippen molar-refractivity contribution in [3.8, 4) is 0 Å². The summed E-state index contributed by atoms with van der Waals surface area (Å²) in [4.78, 5) is 39.3. The summed E-state index contributed by atoms with van der Waals surface area (Å²) in [5.74, 6) is -1.94. The molecule has 1 aliphatic carbocycles. The number of sulfonamides is 1. The number of carbonyl (C=O) groups excluding carboxylic acids is 3. The fourth-order valence-electron chi connectivity index (χ4n) is 4.79. The van der Waals surface area contributed by atoms with E-state index in [0.717, 1.165) is 42.6 Å². The lowest BCUT2D eigenvalue weighted by molar-refractivity contribution is -0.646. The van der Waals surface area contributed by atoms with Gasteiger partial charge in [0.1, 0.15) is 6.42 Å². The predicted molar refractivity (Wildman–Crippen MR) is 119 cm³/mol. The van der Waals surface area contributed by atoms with Crippen LogP contribution in [0, 0.1) is 11.6 Å². The number of Topliss-reactive ketones (excluding diaryl/α,β-unsaturated/α-hetero) is 1. The lowest BCUT2D eigenvalue weighted by atomic mass is 9.98. The molecular weight excluding hydrogens is 448 g/mol. The SMILES string of the molecule is C[C@@H]1CC[C@H](N(C(=O)[CH]C(N)=O)C2CCCCCC2)C(=O)CN1S(=O)(=O)c1cccc[n+]1[O-]. The van der Waals surface area contributed by atoms with Crippen molar-refractivity contribution in [2.24, 2.45) is 5.73 Å². The highest BCUT2D eigenvalue weighted by atomic mass is 32.2. The molecule has 3 rings (SSSR count). The Labute approximate surface area is 194 Å². The van der Waals surface area contributed by atoms with Crippen LogP contribution in [0.1, 0.15) is 58.3 Å². The van der Waals surface area contributed by atoms with Crippen LogP contribution in [-0.2, 0) is 24.4 Å². The number of pyridine rings is 1. The first-order chi connectivity index (χ1) is 15.6. The standard InChI is InChI=1S/C22H31N4O6S/c1-16-11-12-18(26(21(29)14-20(23)28)17-8-4-2-3-5-9-17)19(27)15-25(16)33(31,32)22-10-6-7-13-24(22)30/h6-7,10,13-14,16-18H,2-5,8-9,11-12,15H2,1H3,(H2,23,28)/t16-,18+/m1/s1. The number of hydrogen-bond donors (Lipinski definition) is 1. The molecule has 1 saturated heterocycles. The fourth-order valence-corrected chi connectivity index (χ4v) is 6.44. The van der Waals surface area contributed by atoms with Crippen molar-refractivity contribution < 1.29 is 27.5 Å². The first-order valence-corrected chi connectivity index (χ1v) is 12.8. The van der Waals surface area contributed by atoms with Gasteiger partial charge in [0.25, 0.3) is 0 Å². The quantitative estimate of drug-likeness (QED) is 0.275. The average molecular weight is 480 g/mol. The van der Waals surface area contributed by atoms with Crippen molar-refractivity contribution in [3.05, 3.63) is 36.0 Å². The molecule has 2 atom stereocenters. The van der Waals surface area contributed by atoms with E-state index in [-0.39, 0.29) is 17.2 Å². The van der Waals surface area contributed by atoms with E-state index >= 15 is 0 Å². The highest BCUT2D eigenvalue weighted by Gasteiger charge is 2.43. The van der Waals surface area contributed by atoms with Crippen LogP contribution in [0.25, 0.3) is 0 Å². The first kappa shape index (κ1) is 25.1. The largest absolute Gasteiger partial charge is 0.618 e. The number of carbonyl (C=O) groups is 3. The molecule has 1 aliphatic heterocycles. The van der Waals surface area contributed by atoms with Gasteiger partial charge in [0, 0.05) is 24.2 Å². The Balaban J connectivity index is 1.92. The van der Waals surface area contributed by atoms with Crippen LogP contribution in [0.15, 0.2) is 29.4 Å². The maximum Gasteiger partial charge on any atom is 0.323 e. The molecular formula is C22H31N4O6S. The maximum absolute atomic E-state index is 13.4. The molecule has 1 aromatic heterocycles. The van der Waals surface area contributed by atoms with E-state index < -0.39 is 51.3 Å². The van der Waals surface area contributed by atoms with Crippen LogP contribution in [-0.4, -0.2) is 59.9 Å². The Bertz CT molecular complexity index is 990. The van der Waals surface area contributed by atoms with Crippen LogP contribution in [0.2, 0.25) is 0 Å². The van der Waals surface area contributed by atoms with Gasteiger partial charge in [0.05, 0.1) is 12.6 Å². The zero-order chi connectivity index (χ0) is 24.2. The van der Waals surface area contributed by atoms with Gasteiger partial charge in [0.2, 0.25) is 11.8 Å². The number of primary amides is 1. The number of ketones is 1. The fraction of sp³-hybridized carbons (Fsp3) is 0.591. The summed E-state index contributed by atoms with van der Waals surface area (Å²) in [5, 5.41) is 11.7. The minimum atomic E-state index is -4.24. The molecule has 10 nitrogen and oxygen atoms in total. The van der Waals surface area contributed by atoms with Crippen LogP contribution in [0.3, 0.4) is 0 Å². The first-order valence-electron chi connectivity index (χ1n) is 11.3. The van der Waals surface area contributed by atoms with Gasteiger partial charge in [-0.2, -0.15) is 9.04 Å². The van der Waals surface area contributed by atoms with E-state index in [2.05, 4.69) is 0 Å². The molecule has 2 heterocycles. The van der Waals surface area contributed by atoms with Gasteiger partial charge in [-0.15, -0.1) is 0 Å². The monoisotopic (exact) mass is 479 g/mol. The molecule has 2 aliphatic rings. The Hall–Kier alpha value is -2.53. The van der Waals surface area contributed by atoms with E-state index in [1.807, 2.05) is 0 Å². The molecule has 11 heteroatoms. The van der Waals surface area contributed by atoms with Crippen molar-refractivity contribution in [1.82, 2.24) is 9.21 Å². The van der Waals surface area contributed by atoms with E-state index in [4.69, 9.17) is 5.73 Å². The molecule has 0 unspecified atom stereocenters. The molecule has 181 valence electrons. The summed E-state index contributed by atoms with van der Waals surface area (Å²) in [6.45, 7) is 1.22. The van der Waals surface area contributed by atoms with E-state index in [1.54, 1.807) is 6.92 Å². The van der Waals surface area contributed by atoms with Crippen LogP contribution in [0.4, 0.5) is 0 Å². The van der Waals surface area contributed by atoms with Gasteiger partial charge < -0.3 is 15.8 Å². The number of nitrogens with zero attached hydrogens (tertiary/aromatic N) is 3. The topological polar surface area (TPSA) is 145 Å². The third kappa shape index (κ3) is 5.70. The van der Waals surface area contributed by atoms with Gasteiger partial charge >= 0.3 is 15.0 Å². The van der Waals surface area contributed by atoms with Crippen LogP contribution >= 0.6 is 0 Å². The molecule has 0 bridgehead atoms. The Kier molecular flexibility index (Phi) is 8.06. The molecule has 1 aromatic rings. The molecule has 33 heavy (non-hydrogen) atoms. The third-order valence-electron chi connectivity index (χ3n) is 6.47. The zero-order valence-electron chi connectivity index (χ0n) is 18.8. The Morgan fingerprint density at radius 2 is 1.82 bits per heavy atom. The molecule has 1 radical (unpaired) electrons. The van der Waals surface area contributed by atoms with Crippen molar-refractivity contribution in [3.63, 3.8) is 0 Å². The van der Waals surface area contributed by atoms with E-state index in [0.29, 0.717) is 19.3 Å². The molecule has 2 amide bonds. The lowest BCUT2D eigenvalue weighted by Gasteiger charge is -2.36. The van der Waals surface area contributed by atoms with Gasteiger partial charge in [-0.1, -0.05) is 25.7 Å². The lowest BCUT2D eigenvalue weighted by Crippen LogP contribution is -2.53. The normalized spacial score (nSPS) is 23.5. The molecule has 2 fully saturated rings. The van der Waals surface area contributed by atoms with Gasteiger partial charge in [0.15, 0.2) is 12.0 Å².